The highest BCUT2D eigenvalue weighted by Crippen LogP contribution is 2.20. The van der Waals surface area contributed by atoms with Crippen molar-refractivity contribution in [2.75, 3.05) is 5.73 Å². The monoisotopic (exact) mass is 248 g/mol. The smallest absolute Gasteiger partial charge is 0.240 e. The molecular formula is C12H13FN4O. The number of benzene rings is 1. The second-order valence-corrected chi connectivity index (χ2v) is 4.53. The van der Waals surface area contributed by atoms with Gasteiger partial charge in [-0.05, 0) is 25.0 Å². The number of aromatic nitrogens is 2. The summed E-state index contributed by atoms with van der Waals surface area (Å²) in [5.41, 5.74) is 6.88. The first-order chi connectivity index (χ1) is 8.63. The number of rotatable bonds is 3. The minimum Gasteiger partial charge on any atom is -0.369 e. The first kappa shape index (κ1) is 11.0. The van der Waals surface area contributed by atoms with Crippen molar-refractivity contribution in [3.05, 3.63) is 24.0 Å². The summed E-state index contributed by atoms with van der Waals surface area (Å²) in [5.74, 6) is -0.232. The van der Waals surface area contributed by atoms with Crippen LogP contribution in [0.5, 0.6) is 0 Å². The number of hydrogen-bond acceptors (Lipinski definition) is 3. The average molecular weight is 248 g/mol. The predicted molar refractivity (Wildman–Crippen MR) is 65.3 cm³/mol. The highest BCUT2D eigenvalue weighted by Gasteiger charge is 2.23. The molecule has 94 valence electrons. The largest absolute Gasteiger partial charge is 0.369 e. The SMILES string of the molecule is Nc1nc2cc(F)ccc2n1CC(=O)NC1CC1. The van der Waals surface area contributed by atoms with Gasteiger partial charge in [-0.25, -0.2) is 9.37 Å². The lowest BCUT2D eigenvalue weighted by atomic mass is 10.3. The Hall–Kier alpha value is -2.11. The molecule has 1 saturated carbocycles. The van der Waals surface area contributed by atoms with Crippen LogP contribution in [0.3, 0.4) is 0 Å². The molecule has 1 aliphatic rings. The fourth-order valence-corrected chi connectivity index (χ4v) is 1.93. The number of carbonyl (C=O) groups is 1. The summed E-state index contributed by atoms with van der Waals surface area (Å²) in [5, 5.41) is 2.88. The Labute approximate surface area is 103 Å². The number of hydrogen-bond donors (Lipinski definition) is 2. The predicted octanol–water partition coefficient (Wildman–Crippen LogP) is 1.04. The Morgan fingerprint density at radius 3 is 3.06 bits per heavy atom. The Bertz CT molecular complexity index is 618. The molecule has 0 radical (unpaired) electrons. The zero-order valence-electron chi connectivity index (χ0n) is 9.69. The Balaban J connectivity index is 1.90. The van der Waals surface area contributed by atoms with E-state index in [1.54, 1.807) is 10.6 Å². The summed E-state index contributed by atoms with van der Waals surface area (Å²) in [7, 11) is 0. The molecule has 1 fully saturated rings. The lowest BCUT2D eigenvalue weighted by molar-refractivity contribution is -0.121. The fourth-order valence-electron chi connectivity index (χ4n) is 1.93. The molecule has 3 N–H and O–H groups in total. The topological polar surface area (TPSA) is 72.9 Å². The van der Waals surface area contributed by atoms with Crippen LogP contribution in [0.15, 0.2) is 18.2 Å². The molecule has 1 aromatic heterocycles. The summed E-state index contributed by atoms with van der Waals surface area (Å²) >= 11 is 0. The summed E-state index contributed by atoms with van der Waals surface area (Å²) in [4.78, 5) is 15.8. The molecule has 5 nitrogen and oxygen atoms in total. The molecule has 0 atom stereocenters. The number of fused-ring (bicyclic) bond motifs is 1. The summed E-state index contributed by atoms with van der Waals surface area (Å²) in [6, 6.07) is 4.53. The summed E-state index contributed by atoms with van der Waals surface area (Å²) < 4.78 is 14.6. The van der Waals surface area contributed by atoms with E-state index >= 15 is 0 Å². The van der Waals surface area contributed by atoms with Crippen molar-refractivity contribution < 1.29 is 9.18 Å². The molecule has 6 heteroatoms. The van der Waals surface area contributed by atoms with Crippen molar-refractivity contribution >= 4 is 22.9 Å². The van der Waals surface area contributed by atoms with E-state index in [0.29, 0.717) is 17.1 Å². The highest BCUT2D eigenvalue weighted by atomic mass is 19.1. The Morgan fingerprint density at radius 1 is 1.56 bits per heavy atom. The number of nitrogen functional groups attached to an aromatic ring is 1. The van der Waals surface area contributed by atoms with Gasteiger partial charge in [-0.15, -0.1) is 0 Å². The van der Waals surface area contributed by atoms with Crippen molar-refractivity contribution in [3.63, 3.8) is 0 Å². The summed E-state index contributed by atoms with van der Waals surface area (Å²) in [6.07, 6.45) is 2.08. The van der Waals surface area contributed by atoms with E-state index in [2.05, 4.69) is 10.3 Å². The maximum absolute atomic E-state index is 13.1. The maximum Gasteiger partial charge on any atom is 0.240 e. The summed E-state index contributed by atoms with van der Waals surface area (Å²) in [6.45, 7) is 0.116. The van der Waals surface area contributed by atoms with Gasteiger partial charge in [0, 0.05) is 12.1 Å². The molecule has 0 bridgehead atoms. The molecular weight excluding hydrogens is 235 g/mol. The number of anilines is 1. The van der Waals surface area contributed by atoms with Gasteiger partial charge in [0.05, 0.1) is 11.0 Å². The van der Waals surface area contributed by atoms with Crippen molar-refractivity contribution in [1.82, 2.24) is 14.9 Å². The van der Waals surface area contributed by atoms with Crippen molar-refractivity contribution in [3.8, 4) is 0 Å². The third kappa shape index (κ3) is 2.01. The van der Waals surface area contributed by atoms with Gasteiger partial charge in [0.1, 0.15) is 12.4 Å². The van der Waals surface area contributed by atoms with Crippen molar-refractivity contribution in [2.24, 2.45) is 0 Å². The van der Waals surface area contributed by atoms with E-state index < -0.39 is 0 Å². The van der Waals surface area contributed by atoms with Crippen LogP contribution in [-0.2, 0) is 11.3 Å². The van der Waals surface area contributed by atoms with Crippen LogP contribution in [0.1, 0.15) is 12.8 Å². The van der Waals surface area contributed by atoms with E-state index in [1.807, 2.05) is 0 Å². The van der Waals surface area contributed by atoms with E-state index in [-0.39, 0.29) is 24.2 Å². The van der Waals surface area contributed by atoms with Gasteiger partial charge in [-0.3, -0.25) is 4.79 Å². The quantitative estimate of drug-likeness (QED) is 0.852. The van der Waals surface area contributed by atoms with Gasteiger partial charge in [0.15, 0.2) is 0 Å². The maximum atomic E-state index is 13.1. The second-order valence-electron chi connectivity index (χ2n) is 4.53. The number of halogens is 1. The van der Waals surface area contributed by atoms with Crippen LogP contribution in [-0.4, -0.2) is 21.5 Å². The van der Waals surface area contributed by atoms with Gasteiger partial charge in [0.2, 0.25) is 11.9 Å². The lowest BCUT2D eigenvalue weighted by Gasteiger charge is -2.06. The molecule has 0 saturated heterocycles. The standard InChI is InChI=1S/C12H13FN4O/c13-7-1-4-10-9(5-7)16-12(14)17(10)6-11(18)15-8-2-3-8/h1,4-5,8H,2-3,6H2,(H2,14,16)(H,15,18). The average Bonchev–Trinajstić information content (AvgIpc) is 3.05. The van der Waals surface area contributed by atoms with Crippen LogP contribution in [0.25, 0.3) is 11.0 Å². The zero-order chi connectivity index (χ0) is 12.7. The van der Waals surface area contributed by atoms with E-state index in [1.165, 1.54) is 12.1 Å². The van der Waals surface area contributed by atoms with E-state index in [9.17, 15) is 9.18 Å². The van der Waals surface area contributed by atoms with Crippen LogP contribution >= 0.6 is 0 Å². The van der Waals surface area contributed by atoms with E-state index in [0.717, 1.165) is 12.8 Å². The molecule has 1 heterocycles. The second kappa shape index (κ2) is 3.97. The lowest BCUT2D eigenvalue weighted by Crippen LogP contribution is -2.29. The van der Waals surface area contributed by atoms with Gasteiger partial charge >= 0.3 is 0 Å². The number of nitrogens with two attached hydrogens (primary N) is 1. The number of nitrogens with zero attached hydrogens (tertiary/aromatic N) is 2. The van der Waals surface area contributed by atoms with Gasteiger partial charge in [-0.1, -0.05) is 0 Å². The van der Waals surface area contributed by atoms with Crippen molar-refractivity contribution in [1.29, 1.82) is 0 Å². The Morgan fingerprint density at radius 2 is 2.33 bits per heavy atom. The number of carbonyl (C=O) groups excluding carboxylic acids is 1. The minimum absolute atomic E-state index is 0.0900. The fraction of sp³-hybridized carbons (Fsp3) is 0.333. The van der Waals surface area contributed by atoms with Gasteiger partial charge < -0.3 is 15.6 Å². The molecule has 1 amide bonds. The van der Waals surface area contributed by atoms with Crippen LogP contribution < -0.4 is 11.1 Å². The zero-order valence-corrected chi connectivity index (χ0v) is 9.69. The molecule has 2 aromatic rings. The van der Waals surface area contributed by atoms with Crippen LogP contribution in [0.2, 0.25) is 0 Å². The van der Waals surface area contributed by atoms with Gasteiger partial charge in [-0.2, -0.15) is 0 Å². The third-order valence-corrected chi connectivity index (χ3v) is 2.98. The number of amides is 1. The normalized spacial score (nSPS) is 14.9. The number of imidazole rings is 1. The minimum atomic E-state index is -0.366. The molecule has 0 aliphatic heterocycles. The molecule has 1 aliphatic carbocycles. The molecule has 3 rings (SSSR count). The molecule has 18 heavy (non-hydrogen) atoms. The molecule has 0 spiro atoms. The number of nitrogens with one attached hydrogen (secondary N) is 1. The first-order valence-corrected chi connectivity index (χ1v) is 5.84. The first-order valence-electron chi connectivity index (χ1n) is 5.84. The van der Waals surface area contributed by atoms with E-state index in [4.69, 9.17) is 5.73 Å². The van der Waals surface area contributed by atoms with Crippen molar-refractivity contribution in [2.45, 2.75) is 25.4 Å². The molecule has 1 aromatic carbocycles. The third-order valence-electron chi connectivity index (χ3n) is 2.98. The van der Waals surface area contributed by atoms with Crippen LogP contribution in [0, 0.1) is 5.82 Å². The van der Waals surface area contributed by atoms with Crippen LogP contribution in [0.4, 0.5) is 10.3 Å². The molecule has 0 unspecified atom stereocenters. The van der Waals surface area contributed by atoms with Gasteiger partial charge in [0.25, 0.3) is 0 Å². The Kier molecular flexibility index (Phi) is 2.43. The highest BCUT2D eigenvalue weighted by molar-refractivity contribution is 5.83.